The van der Waals surface area contributed by atoms with Gasteiger partial charge in [-0.25, -0.2) is 0 Å². The SMILES string of the molecule is CCCCCCCCCCC/C=C\CCCCCCCC(=O)NC(COP(=O)([O-])OCC[N+](C)(C)C)C(O)/C=C/CCCCCCCCCCCCCCCCCCCCCCCC. The van der Waals surface area contributed by atoms with E-state index in [0.717, 1.165) is 51.4 Å². The minimum absolute atomic E-state index is 0.00105. The van der Waals surface area contributed by atoms with Gasteiger partial charge in [-0.1, -0.05) is 244 Å². The van der Waals surface area contributed by atoms with Crippen LogP contribution >= 0.6 is 7.82 Å². The van der Waals surface area contributed by atoms with Gasteiger partial charge in [-0.2, -0.15) is 0 Å². The first-order valence-corrected chi connectivity index (χ1v) is 29.2. The van der Waals surface area contributed by atoms with Crippen LogP contribution in [0.3, 0.4) is 0 Å². The normalized spacial score (nSPS) is 14.2. The number of aliphatic hydroxyl groups excluding tert-OH is 1. The first-order chi connectivity index (χ1) is 31.0. The van der Waals surface area contributed by atoms with Crippen molar-refractivity contribution < 1.29 is 32.9 Å². The number of nitrogens with one attached hydrogen (secondary N) is 1. The topological polar surface area (TPSA) is 108 Å². The van der Waals surface area contributed by atoms with Gasteiger partial charge in [0, 0.05) is 6.42 Å². The first-order valence-electron chi connectivity index (χ1n) is 27.7. The van der Waals surface area contributed by atoms with Crippen LogP contribution in [-0.4, -0.2) is 68.5 Å². The van der Waals surface area contributed by atoms with E-state index in [-0.39, 0.29) is 19.1 Å². The van der Waals surface area contributed by atoms with E-state index in [1.54, 1.807) is 6.08 Å². The smallest absolute Gasteiger partial charge is 0.268 e. The van der Waals surface area contributed by atoms with Gasteiger partial charge < -0.3 is 28.8 Å². The molecule has 0 bridgehead atoms. The third-order valence-corrected chi connectivity index (χ3v) is 13.6. The number of likely N-dealkylation sites (N-methyl/N-ethyl adjacent to an activating group) is 1. The van der Waals surface area contributed by atoms with Crippen molar-refractivity contribution >= 4 is 13.7 Å². The van der Waals surface area contributed by atoms with Crippen molar-refractivity contribution in [3.63, 3.8) is 0 Å². The maximum absolute atomic E-state index is 12.9. The van der Waals surface area contributed by atoms with Gasteiger partial charge in [-0.15, -0.1) is 0 Å². The zero-order valence-electron chi connectivity index (χ0n) is 43.3. The fourth-order valence-corrected chi connectivity index (χ4v) is 8.99. The number of phosphoric acid groups is 1. The Kier molecular flexibility index (Phi) is 46.3. The van der Waals surface area contributed by atoms with Crippen LogP contribution in [0, 0.1) is 0 Å². The molecule has 0 fully saturated rings. The summed E-state index contributed by atoms with van der Waals surface area (Å²) in [6.07, 6.45) is 58.2. The molecule has 0 aromatic rings. The molecule has 0 aliphatic heterocycles. The van der Waals surface area contributed by atoms with Crippen LogP contribution in [0.2, 0.25) is 0 Å². The predicted octanol–water partition coefficient (Wildman–Crippen LogP) is 15.8. The molecule has 380 valence electrons. The maximum Gasteiger partial charge on any atom is 0.268 e. The van der Waals surface area contributed by atoms with Crippen LogP contribution in [0.1, 0.15) is 271 Å². The molecule has 3 unspecified atom stereocenters. The first kappa shape index (κ1) is 63.0. The number of allylic oxidation sites excluding steroid dienone is 3. The lowest BCUT2D eigenvalue weighted by Crippen LogP contribution is -2.45. The Balaban J connectivity index is 4.24. The molecule has 0 saturated carbocycles. The summed E-state index contributed by atoms with van der Waals surface area (Å²) in [5.41, 5.74) is 0. The second-order valence-corrected chi connectivity index (χ2v) is 21.7. The van der Waals surface area contributed by atoms with Crippen LogP contribution in [0.25, 0.3) is 0 Å². The number of amides is 1. The Morgan fingerprint density at radius 1 is 0.531 bits per heavy atom. The van der Waals surface area contributed by atoms with Gasteiger partial charge in [-0.3, -0.25) is 9.36 Å². The van der Waals surface area contributed by atoms with E-state index in [1.165, 1.54) is 199 Å². The van der Waals surface area contributed by atoms with E-state index >= 15 is 0 Å². The number of carbonyl (C=O) groups is 1. The molecule has 0 aliphatic carbocycles. The number of nitrogens with zero attached hydrogens (tertiary/aromatic N) is 1. The number of unbranched alkanes of at least 4 members (excludes halogenated alkanes) is 36. The van der Waals surface area contributed by atoms with Gasteiger partial charge in [0.25, 0.3) is 7.82 Å². The zero-order valence-corrected chi connectivity index (χ0v) is 44.1. The molecule has 0 rings (SSSR count). The van der Waals surface area contributed by atoms with Crippen molar-refractivity contribution in [1.29, 1.82) is 0 Å². The molecule has 0 radical (unpaired) electrons. The lowest BCUT2D eigenvalue weighted by Gasteiger charge is -2.29. The van der Waals surface area contributed by atoms with E-state index in [4.69, 9.17) is 9.05 Å². The van der Waals surface area contributed by atoms with Gasteiger partial charge >= 0.3 is 0 Å². The molecule has 9 heteroatoms. The predicted molar refractivity (Wildman–Crippen MR) is 275 cm³/mol. The molecule has 0 aromatic carbocycles. The highest BCUT2D eigenvalue weighted by molar-refractivity contribution is 7.45. The molecule has 3 atom stereocenters. The number of hydrogen-bond acceptors (Lipinski definition) is 6. The van der Waals surface area contributed by atoms with Gasteiger partial charge in [0.15, 0.2) is 0 Å². The fraction of sp³-hybridized carbons (Fsp3) is 0.909. The average Bonchev–Trinajstić information content (AvgIpc) is 3.25. The summed E-state index contributed by atoms with van der Waals surface area (Å²) in [6.45, 7) is 4.68. The van der Waals surface area contributed by atoms with E-state index in [2.05, 4.69) is 31.3 Å². The van der Waals surface area contributed by atoms with Gasteiger partial charge in [0.05, 0.1) is 39.9 Å². The number of rotatable bonds is 51. The van der Waals surface area contributed by atoms with Crippen molar-refractivity contribution in [1.82, 2.24) is 5.32 Å². The van der Waals surface area contributed by atoms with Crippen molar-refractivity contribution in [3.8, 4) is 0 Å². The molecule has 1 amide bonds. The van der Waals surface area contributed by atoms with Gasteiger partial charge in [0.2, 0.25) is 5.91 Å². The Bertz CT molecular complexity index is 1090. The van der Waals surface area contributed by atoms with Crippen molar-refractivity contribution in [2.45, 2.75) is 283 Å². The van der Waals surface area contributed by atoms with E-state index in [0.29, 0.717) is 17.4 Å². The van der Waals surface area contributed by atoms with Gasteiger partial charge in [0.1, 0.15) is 13.2 Å². The summed E-state index contributed by atoms with van der Waals surface area (Å²) >= 11 is 0. The van der Waals surface area contributed by atoms with E-state index in [1.807, 2.05) is 27.2 Å². The summed E-state index contributed by atoms with van der Waals surface area (Å²) in [5, 5.41) is 13.9. The van der Waals surface area contributed by atoms with E-state index < -0.39 is 20.0 Å². The molecule has 0 aliphatic rings. The zero-order chi connectivity index (χ0) is 47.1. The monoisotopic (exact) mass is 925 g/mol. The lowest BCUT2D eigenvalue weighted by molar-refractivity contribution is -0.870. The van der Waals surface area contributed by atoms with E-state index in [9.17, 15) is 19.4 Å². The standard InChI is InChI=1S/C55H109N2O6P/c1-6-8-10-12-14-16-18-20-22-24-26-27-28-29-30-31-32-34-36-38-40-42-44-46-48-54(58)53(52-63-64(60,61)62-51-50-57(3,4)5)56-55(59)49-47-45-43-41-39-37-35-33-25-23-21-19-17-15-13-11-9-7-2/h33,35,46,48,53-54,58H,6-32,34,36-45,47,49-52H2,1-5H3,(H-,56,59,60,61)/b35-33-,48-46+. The van der Waals surface area contributed by atoms with Crippen LogP contribution in [0.15, 0.2) is 24.3 Å². The van der Waals surface area contributed by atoms with Crippen molar-refractivity contribution in [2.75, 3.05) is 40.9 Å². The number of phosphoric ester groups is 1. The largest absolute Gasteiger partial charge is 0.756 e. The Hall–Kier alpha value is -1.02. The van der Waals surface area contributed by atoms with Crippen LogP contribution in [0.5, 0.6) is 0 Å². The summed E-state index contributed by atoms with van der Waals surface area (Å²) in [7, 11) is 1.27. The summed E-state index contributed by atoms with van der Waals surface area (Å²) in [5.74, 6) is -0.202. The average molecular weight is 925 g/mol. The second kappa shape index (κ2) is 47.1. The lowest BCUT2D eigenvalue weighted by atomic mass is 10.0. The highest BCUT2D eigenvalue weighted by atomic mass is 31.2. The van der Waals surface area contributed by atoms with Crippen molar-refractivity contribution in [2.24, 2.45) is 0 Å². The number of carbonyl (C=O) groups excluding carboxylic acids is 1. The van der Waals surface area contributed by atoms with Crippen LogP contribution in [-0.2, 0) is 18.4 Å². The third-order valence-electron chi connectivity index (χ3n) is 12.7. The Morgan fingerprint density at radius 2 is 0.859 bits per heavy atom. The molecular weight excluding hydrogens is 816 g/mol. The van der Waals surface area contributed by atoms with Crippen LogP contribution < -0.4 is 10.2 Å². The van der Waals surface area contributed by atoms with Crippen LogP contribution in [0.4, 0.5) is 0 Å². The summed E-state index contributed by atoms with van der Waals surface area (Å²) in [4.78, 5) is 25.4. The molecule has 0 aromatic heterocycles. The van der Waals surface area contributed by atoms with Crippen molar-refractivity contribution in [3.05, 3.63) is 24.3 Å². The number of quaternary nitrogens is 1. The molecule has 64 heavy (non-hydrogen) atoms. The molecule has 0 saturated heterocycles. The minimum Gasteiger partial charge on any atom is -0.756 e. The minimum atomic E-state index is -4.59. The quantitative estimate of drug-likeness (QED) is 0.0272. The molecule has 0 spiro atoms. The van der Waals surface area contributed by atoms with Gasteiger partial charge in [-0.05, 0) is 44.9 Å². The number of hydrogen-bond donors (Lipinski definition) is 2. The molecule has 2 N–H and O–H groups in total. The second-order valence-electron chi connectivity index (χ2n) is 20.3. The summed E-state index contributed by atoms with van der Waals surface area (Å²) < 4.78 is 23.3. The highest BCUT2D eigenvalue weighted by Crippen LogP contribution is 2.38. The Morgan fingerprint density at radius 3 is 1.22 bits per heavy atom. The third kappa shape index (κ3) is 48.9. The number of aliphatic hydroxyl groups is 1. The molecule has 0 heterocycles. The highest BCUT2D eigenvalue weighted by Gasteiger charge is 2.23. The molecular formula is C55H109N2O6P. The maximum atomic E-state index is 12.9. The summed E-state index contributed by atoms with van der Waals surface area (Å²) in [6, 6.07) is -0.889. The molecule has 8 nitrogen and oxygen atoms in total. The fourth-order valence-electron chi connectivity index (χ4n) is 8.27. The Labute approximate surface area is 398 Å².